The zero-order chi connectivity index (χ0) is 15.8. The van der Waals surface area contributed by atoms with Gasteiger partial charge in [-0.05, 0) is 51.3 Å². The van der Waals surface area contributed by atoms with Gasteiger partial charge in [-0.1, -0.05) is 23.2 Å². The van der Waals surface area contributed by atoms with Gasteiger partial charge in [0.25, 0.3) is 0 Å². The number of hydrogen-bond donors (Lipinski definition) is 2. The lowest BCUT2D eigenvalue weighted by Gasteiger charge is -2.21. The fraction of sp³-hybridized carbons (Fsp3) is 0.571. The summed E-state index contributed by atoms with van der Waals surface area (Å²) in [5, 5.41) is 3.92. The molecule has 1 saturated carbocycles. The molecule has 4 nitrogen and oxygen atoms in total. The van der Waals surface area contributed by atoms with Crippen LogP contribution in [0.5, 0.6) is 0 Å². The minimum atomic E-state index is -3.68. The Bertz CT molecular complexity index is 635. The van der Waals surface area contributed by atoms with Crippen molar-refractivity contribution >= 4 is 33.2 Å². The fourth-order valence-corrected chi connectivity index (χ4v) is 4.20. The lowest BCUT2D eigenvalue weighted by atomic mass is 10.1. The third-order valence-corrected chi connectivity index (χ3v) is 5.56. The van der Waals surface area contributed by atoms with Crippen LogP contribution in [0.4, 0.5) is 0 Å². The van der Waals surface area contributed by atoms with Gasteiger partial charge in [-0.3, -0.25) is 0 Å². The SMILES string of the molecule is CC(C)(C)NS(=O)(=O)c1cc(CNC2CC2)c(Cl)cc1Cl. The van der Waals surface area contributed by atoms with Gasteiger partial charge in [0, 0.05) is 23.1 Å². The molecule has 118 valence electrons. The molecule has 0 aromatic heterocycles. The Balaban J connectivity index is 2.31. The molecule has 2 N–H and O–H groups in total. The first-order valence-corrected chi connectivity index (χ1v) is 9.08. The molecule has 0 spiro atoms. The van der Waals surface area contributed by atoms with E-state index in [0.717, 1.165) is 18.4 Å². The molecule has 1 fully saturated rings. The van der Waals surface area contributed by atoms with Crippen LogP contribution in [0, 0.1) is 0 Å². The molecule has 0 radical (unpaired) electrons. The maximum absolute atomic E-state index is 12.4. The van der Waals surface area contributed by atoms with Crippen molar-refractivity contribution in [3.8, 4) is 0 Å². The summed E-state index contributed by atoms with van der Waals surface area (Å²) < 4.78 is 27.4. The standard InChI is InChI=1S/C14H20Cl2N2O2S/c1-14(2,3)18-21(19,20)13-6-9(8-17-10-4-5-10)11(15)7-12(13)16/h6-7,10,17-18H,4-5,8H2,1-3H3. The van der Waals surface area contributed by atoms with Gasteiger partial charge in [-0.25, -0.2) is 13.1 Å². The number of halogens is 2. The lowest BCUT2D eigenvalue weighted by Crippen LogP contribution is -2.40. The summed E-state index contributed by atoms with van der Waals surface area (Å²) in [7, 11) is -3.68. The quantitative estimate of drug-likeness (QED) is 0.856. The van der Waals surface area contributed by atoms with E-state index in [-0.39, 0.29) is 9.92 Å². The van der Waals surface area contributed by atoms with E-state index >= 15 is 0 Å². The summed E-state index contributed by atoms with van der Waals surface area (Å²) >= 11 is 12.2. The Labute approximate surface area is 136 Å². The molecule has 2 rings (SSSR count). The number of benzene rings is 1. The van der Waals surface area contributed by atoms with E-state index in [1.807, 2.05) is 0 Å². The zero-order valence-electron chi connectivity index (χ0n) is 12.3. The Morgan fingerprint density at radius 1 is 1.19 bits per heavy atom. The van der Waals surface area contributed by atoms with E-state index in [4.69, 9.17) is 23.2 Å². The third-order valence-electron chi connectivity index (χ3n) is 2.99. The van der Waals surface area contributed by atoms with Crippen LogP contribution in [-0.2, 0) is 16.6 Å². The van der Waals surface area contributed by atoms with E-state index in [2.05, 4.69) is 10.0 Å². The van der Waals surface area contributed by atoms with Crippen molar-refractivity contribution < 1.29 is 8.42 Å². The second kappa shape index (κ2) is 6.05. The predicted molar refractivity (Wildman–Crippen MR) is 86.4 cm³/mol. The molecule has 0 bridgehead atoms. The fourth-order valence-electron chi connectivity index (χ4n) is 1.91. The minimum Gasteiger partial charge on any atom is -0.310 e. The molecule has 1 aromatic rings. The Kier molecular flexibility index (Phi) is 4.90. The van der Waals surface area contributed by atoms with Crippen molar-refractivity contribution in [2.24, 2.45) is 0 Å². The lowest BCUT2D eigenvalue weighted by molar-refractivity contribution is 0.491. The number of nitrogens with one attached hydrogen (secondary N) is 2. The molecular weight excluding hydrogens is 331 g/mol. The van der Waals surface area contributed by atoms with Crippen LogP contribution in [0.3, 0.4) is 0 Å². The first kappa shape index (κ1) is 17.0. The highest BCUT2D eigenvalue weighted by atomic mass is 35.5. The van der Waals surface area contributed by atoms with Crippen molar-refractivity contribution in [2.45, 2.75) is 56.6 Å². The topological polar surface area (TPSA) is 58.2 Å². The van der Waals surface area contributed by atoms with Crippen LogP contribution in [0.1, 0.15) is 39.2 Å². The second-order valence-electron chi connectivity index (χ2n) is 6.38. The Morgan fingerprint density at radius 3 is 2.33 bits per heavy atom. The third kappa shape index (κ3) is 4.83. The Hall–Kier alpha value is -0.330. The predicted octanol–water partition coefficient (Wildman–Crippen LogP) is 3.32. The molecule has 0 saturated heterocycles. The summed E-state index contributed by atoms with van der Waals surface area (Å²) in [6.45, 7) is 5.89. The van der Waals surface area contributed by atoms with Gasteiger partial charge in [0.15, 0.2) is 0 Å². The van der Waals surface area contributed by atoms with Gasteiger partial charge in [-0.2, -0.15) is 0 Å². The van der Waals surface area contributed by atoms with Crippen LogP contribution in [0.2, 0.25) is 10.0 Å². The molecule has 0 unspecified atom stereocenters. The largest absolute Gasteiger partial charge is 0.310 e. The first-order chi connectivity index (χ1) is 9.58. The monoisotopic (exact) mass is 350 g/mol. The zero-order valence-corrected chi connectivity index (χ0v) is 14.7. The summed E-state index contributed by atoms with van der Waals surface area (Å²) in [6.07, 6.45) is 2.31. The van der Waals surface area contributed by atoms with Crippen molar-refractivity contribution in [3.63, 3.8) is 0 Å². The van der Waals surface area contributed by atoms with E-state index < -0.39 is 15.6 Å². The number of sulfonamides is 1. The minimum absolute atomic E-state index is 0.0658. The van der Waals surface area contributed by atoms with Crippen molar-refractivity contribution in [3.05, 3.63) is 27.7 Å². The summed E-state index contributed by atoms with van der Waals surface area (Å²) in [5.41, 5.74) is 0.163. The highest BCUT2D eigenvalue weighted by Crippen LogP contribution is 2.30. The molecular formula is C14H20Cl2N2O2S. The van der Waals surface area contributed by atoms with E-state index in [9.17, 15) is 8.42 Å². The summed E-state index contributed by atoms with van der Waals surface area (Å²) in [6, 6.07) is 3.56. The van der Waals surface area contributed by atoms with Crippen LogP contribution in [0.15, 0.2) is 17.0 Å². The summed E-state index contributed by atoms with van der Waals surface area (Å²) in [5.74, 6) is 0. The van der Waals surface area contributed by atoms with Crippen molar-refractivity contribution in [2.75, 3.05) is 0 Å². The molecule has 0 atom stereocenters. The van der Waals surface area contributed by atoms with Gasteiger partial charge in [0.2, 0.25) is 10.0 Å². The maximum atomic E-state index is 12.4. The van der Waals surface area contributed by atoms with Gasteiger partial charge < -0.3 is 5.32 Å². The smallest absolute Gasteiger partial charge is 0.242 e. The normalized spacial score (nSPS) is 16.2. The molecule has 21 heavy (non-hydrogen) atoms. The van der Waals surface area contributed by atoms with Gasteiger partial charge in [0.1, 0.15) is 4.90 Å². The molecule has 0 heterocycles. The van der Waals surface area contributed by atoms with E-state index in [1.54, 1.807) is 26.8 Å². The van der Waals surface area contributed by atoms with Crippen LogP contribution >= 0.6 is 23.2 Å². The van der Waals surface area contributed by atoms with Crippen LogP contribution in [0.25, 0.3) is 0 Å². The summed E-state index contributed by atoms with van der Waals surface area (Å²) in [4.78, 5) is 0.0658. The Morgan fingerprint density at radius 2 is 1.81 bits per heavy atom. The van der Waals surface area contributed by atoms with Crippen molar-refractivity contribution in [1.29, 1.82) is 0 Å². The van der Waals surface area contributed by atoms with E-state index in [0.29, 0.717) is 17.6 Å². The average molecular weight is 351 g/mol. The van der Waals surface area contributed by atoms with Crippen LogP contribution in [-0.4, -0.2) is 20.0 Å². The highest BCUT2D eigenvalue weighted by molar-refractivity contribution is 7.89. The molecule has 1 aromatic carbocycles. The van der Waals surface area contributed by atoms with Gasteiger partial charge in [-0.15, -0.1) is 0 Å². The second-order valence-corrected chi connectivity index (χ2v) is 8.85. The average Bonchev–Trinajstić information content (AvgIpc) is 3.07. The first-order valence-electron chi connectivity index (χ1n) is 6.84. The molecule has 1 aliphatic rings. The van der Waals surface area contributed by atoms with Crippen LogP contribution < -0.4 is 10.0 Å². The molecule has 0 aliphatic heterocycles. The number of rotatable bonds is 5. The number of hydrogen-bond acceptors (Lipinski definition) is 3. The maximum Gasteiger partial charge on any atom is 0.242 e. The van der Waals surface area contributed by atoms with Crippen molar-refractivity contribution in [1.82, 2.24) is 10.0 Å². The highest BCUT2D eigenvalue weighted by Gasteiger charge is 2.26. The van der Waals surface area contributed by atoms with Gasteiger partial charge >= 0.3 is 0 Å². The van der Waals surface area contributed by atoms with E-state index in [1.165, 1.54) is 6.07 Å². The van der Waals surface area contributed by atoms with Gasteiger partial charge in [0.05, 0.1) is 5.02 Å². The molecule has 1 aliphatic carbocycles. The molecule has 0 amide bonds. The molecule has 7 heteroatoms.